The molecule has 8 heteroatoms. The number of H-pyrrole nitrogens is 1. The predicted octanol–water partition coefficient (Wildman–Crippen LogP) is -0.0560. The molecule has 7 nitrogen and oxygen atoms in total. The zero-order valence-electron chi connectivity index (χ0n) is 7.88. The maximum atomic E-state index is 11.7. The van der Waals surface area contributed by atoms with Crippen molar-refractivity contribution in [2.24, 2.45) is 7.05 Å². The SMILES string of the molecule is Cn1nccc1NS(=O)(=O)c1cnc[nH]1. The molecular weight excluding hydrogens is 218 g/mol. The van der Waals surface area contributed by atoms with Crippen molar-refractivity contribution >= 4 is 15.8 Å². The van der Waals surface area contributed by atoms with Crippen LogP contribution < -0.4 is 4.72 Å². The molecule has 0 fully saturated rings. The fraction of sp³-hybridized carbons (Fsp3) is 0.143. The van der Waals surface area contributed by atoms with Crippen LogP contribution in [0.3, 0.4) is 0 Å². The lowest BCUT2D eigenvalue weighted by Gasteiger charge is -2.05. The van der Waals surface area contributed by atoms with Gasteiger partial charge in [0.05, 0.1) is 18.7 Å². The van der Waals surface area contributed by atoms with E-state index in [1.54, 1.807) is 13.1 Å². The summed E-state index contributed by atoms with van der Waals surface area (Å²) in [6.45, 7) is 0. The van der Waals surface area contributed by atoms with E-state index in [1.807, 2.05) is 0 Å². The van der Waals surface area contributed by atoms with E-state index >= 15 is 0 Å². The summed E-state index contributed by atoms with van der Waals surface area (Å²) >= 11 is 0. The summed E-state index contributed by atoms with van der Waals surface area (Å²) in [7, 11) is -1.95. The van der Waals surface area contributed by atoms with Crippen molar-refractivity contribution in [2.45, 2.75) is 5.03 Å². The molecule has 2 rings (SSSR count). The molecule has 0 amide bonds. The fourth-order valence-electron chi connectivity index (χ4n) is 1.06. The molecular formula is C7H9N5O2S. The lowest BCUT2D eigenvalue weighted by Crippen LogP contribution is -2.15. The van der Waals surface area contributed by atoms with Gasteiger partial charge in [0.1, 0.15) is 5.82 Å². The molecule has 0 spiro atoms. The number of aryl methyl sites for hydroxylation is 1. The number of rotatable bonds is 3. The molecule has 2 aromatic heterocycles. The number of nitrogens with one attached hydrogen (secondary N) is 2. The largest absolute Gasteiger partial charge is 0.334 e. The van der Waals surface area contributed by atoms with Gasteiger partial charge in [-0.1, -0.05) is 0 Å². The molecule has 0 radical (unpaired) electrons. The quantitative estimate of drug-likeness (QED) is 0.768. The summed E-state index contributed by atoms with van der Waals surface area (Å²) in [5.41, 5.74) is 0. The van der Waals surface area contributed by atoms with Crippen LogP contribution in [0.15, 0.2) is 29.8 Å². The summed E-state index contributed by atoms with van der Waals surface area (Å²) in [5.74, 6) is 0.393. The Morgan fingerprint density at radius 2 is 2.33 bits per heavy atom. The number of imidazole rings is 1. The van der Waals surface area contributed by atoms with Crippen LogP contribution in [-0.4, -0.2) is 28.2 Å². The summed E-state index contributed by atoms with van der Waals surface area (Å²) in [4.78, 5) is 6.16. The zero-order valence-corrected chi connectivity index (χ0v) is 8.69. The molecule has 0 aliphatic heterocycles. The summed E-state index contributed by atoms with van der Waals surface area (Å²) in [5, 5.41) is 3.86. The Kier molecular flexibility index (Phi) is 2.19. The Morgan fingerprint density at radius 3 is 2.87 bits per heavy atom. The van der Waals surface area contributed by atoms with E-state index in [1.165, 1.54) is 23.4 Å². The third-order valence-corrected chi connectivity index (χ3v) is 3.10. The van der Waals surface area contributed by atoms with Crippen LogP contribution in [0.4, 0.5) is 5.82 Å². The van der Waals surface area contributed by atoms with E-state index in [0.717, 1.165) is 0 Å². The Labute approximate surface area is 86.2 Å². The molecule has 0 aromatic carbocycles. The molecule has 15 heavy (non-hydrogen) atoms. The molecule has 0 atom stereocenters. The summed E-state index contributed by atoms with van der Waals surface area (Å²) < 4.78 is 27.2. The first-order valence-electron chi connectivity index (χ1n) is 4.09. The van der Waals surface area contributed by atoms with E-state index in [4.69, 9.17) is 0 Å². The van der Waals surface area contributed by atoms with E-state index in [2.05, 4.69) is 19.8 Å². The van der Waals surface area contributed by atoms with Crippen molar-refractivity contribution in [2.75, 3.05) is 4.72 Å². The first kappa shape index (κ1) is 9.71. The van der Waals surface area contributed by atoms with Gasteiger partial charge in [0.15, 0.2) is 5.03 Å². The van der Waals surface area contributed by atoms with Gasteiger partial charge in [0.2, 0.25) is 0 Å². The highest BCUT2D eigenvalue weighted by atomic mass is 32.2. The molecule has 2 N–H and O–H groups in total. The normalized spacial score (nSPS) is 11.5. The highest BCUT2D eigenvalue weighted by Crippen LogP contribution is 2.11. The minimum absolute atomic E-state index is 0.0173. The van der Waals surface area contributed by atoms with Crippen LogP contribution in [0.5, 0.6) is 0 Å². The minimum atomic E-state index is -3.59. The molecule has 80 valence electrons. The van der Waals surface area contributed by atoms with Gasteiger partial charge in [-0.3, -0.25) is 9.40 Å². The molecule has 0 aliphatic rings. The Hall–Kier alpha value is -1.83. The van der Waals surface area contributed by atoms with Gasteiger partial charge in [-0.05, 0) is 0 Å². The first-order chi connectivity index (χ1) is 7.09. The monoisotopic (exact) mass is 227 g/mol. The van der Waals surface area contributed by atoms with Crippen LogP contribution in [-0.2, 0) is 17.1 Å². The molecule has 2 heterocycles. The van der Waals surface area contributed by atoms with Gasteiger partial charge in [-0.25, -0.2) is 4.98 Å². The van der Waals surface area contributed by atoms with Gasteiger partial charge in [0, 0.05) is 13.1 Å². The number of anilines is 1. The molecule has 0 unspecified atom stereocenters. The van der Waals surface area contributed by atoms with Crippen LogP contribution in [0.2, 0.25) is 0 Å². The predicted molar refractivity (Wildman–Crippen MR) is 52.6 cm³/mol. The zero-order chi connectivity index (χ0) is 10.9. The van der Waals surface area contributed by atoms with Crippen LogP contribution in [0.1, 0.15) is 0 Å². The van der Waals surface area contributed by atoms with Crippen molar-refractivity contribution in [3.8, 4) is 0 Å². The van der Waals surface area contributed by atoms with Crippen molar-refractivity contribution in [3.05, 3.63) is 24.8 Å². The smallest absolute Gasteiger partial charge is 0.280 e. The highest BCUT2D eigenvalue weighted by Gasteiger charge is 2.16. The Balaban J connectivity index is 2.31. The second-order valence-electron chi connectivity index (χ2n) is 2.86. The molecule has 0 aliphatic carbocycles. The number of hydrogen-bond acceptors (Lipinski definition) is 4. The van der Waals surface area contributed by atoms with Gasteiger partial charge >= 0.3 is 0 Å². The van der Waals surface area contributed by atoms with E-state index in [-0.39, 0.29) is 5.03 Å². The molecule has 2 aromatic rings. The number of sulfonamides is 1. The summed E-state index contributed by atoms with van der Waals surface area (Å²) in [6, 6.07) is 1.56. The van der Waals surface area contributed by atoms with Crippen molar-refractivity contribution in [1.29, 1.82) is 0 Å². The van der Waals surface area contributed by atoms with E-state index < -0.39 is 10.0 Å². The van der Waals surface area contributed by atoms with Crippen LogP contribution in [0, 0.1) is 0 Å². The lowest BCUT2D eigenvalue weighted by molar-refractivity contribution is 0.597. The van der Waals surface area contributed by atoms with Crippen LogP contribution in [0.25, 0.3) is 0 Å². The molecule has 0 saturated heterocycles. The summed E-state index contributed by atoms with van der Waals surface area (Å²) in [6.07, 6.45) is 4.04. The Bertz CT molecular complexity index is 542. The average Bonchev–Trinajstić information content (AvgIpc) is 2.77. The number of hydrogen-bond donors (Lipinski definition) is 2. The maximum absolute atomic E-state index is 11.7. The Morgan fingerprint density at radius 1 is 1.53 bits per heavy atom. The highest BCUT2D eigenvalue weighted by molar-refractivity contribution is 7.92. The van der Waals surface area contributed by atoms with Gasteiger partial charge in [-0.15, -0.1) is 0 Å². The first-order valence-corrected chi connectivity index (χ1v) is 5.57. The van der Waals surface area contributed by atoms with Gasteiger partial charge in [-0.2, -0.15) is 13.5 Å². The second kappa shape index (κ2) is 3.39. The number of aromatic nitrogens is 4. The number of nitrogens with zero attached hydrogens (tertiary/aromatic N) is 3. The fourth-order valence-corrected chi connectivity index (χ4v) is 2.05. The second-order valence-corrected chi connectivity index (χ2v) is 4.51. The number of aromatic amines is 1. The minimum Gasteiger partial charge on any atom is -0.334 e. The van der Waals surface area contributed by atoms with Gasteiger partial charge < -0.3 is 4.98 Å². The molecule has 0 saturated carbocycles. The van der Waals surface area contributed by atoms with E-state index in [0.29, 0.717) is 5.82 Å². The van der Waals surface area contributed by atoms with Crippen molar-refractivity contribution in [3.63, 3.8) is 0 Å². The molecule has 0 bridgehead atoms. The average molecular weight is 227 g/mol. The van der Waals surface area contributed by atoms with Crippen LogP contribution >= 0.6 is 0 Å². The van der Waals surface area contributed by atoms with Gasteiger partial charge in [0.25, 0.3) is 10.0 Å². The lowest BCUT2D eigenvalue weighted by atomic mass is 10.7. The van der Waals surface area contributed by atoms with Crippen molar-refractivity contribution < 1.29 is 8.42 Å². The van der Waals surface area contributed by atoms with E-state index in [9.17, 15) is 8.42 Å². The topological polar surface area (TPSA) is 92.7 Å². The van der Waals surface area contributed by atoms with Crippen molar-refractivity contribution in [1.82, 2.24) is 19.7 Å². The third kappa shape index (κ3) is 1.84. The standard InChI is InChI=1S/C7H9N5O2S/c1-12-6(2-3-10-12)11-15(13,14)7-4-8-5-9-7/h2-5,11H,1H3,(H,8,9). The maximum Gasteiger partial charge on any atom is 0.280 e. The third-order valence-electron chi connectivity index (χ3n) is 1.82.